The first-order valence-corrected chi connectivity index (χ1v) is 10.2. The van der Waals surface area contributed by atoms with Crippen LogP contribution in [0.3, 0.4) is 0 Å². The fourth-order valence-electron chi connectivity index (χ4n) is 2.84. The molecular weight excluding hydrogens is 324 g/mol. The summed E-state index contributed by atoms with van der Waals surface area (Å²) in [5.41, 5.74) is 1.08. The van der Waals surface area contributed by atoms with E-state index >= 15 is 0 Å². The lowest BCUT2D eigenvalue weighted by atomic mass is 10.1. The van der Waals surface area contributed by atoms with Gasteiger partial charge in [0.2, 0.25) is 10.0 Å². The van der Waals surface area contributed by atoms with Gasteiger partial charge in [-0.2, -0.15) is 4.31 Å². The van der Waals surface area contributed by atoms with Gasteiger partial charge in [-0.3, -0.25) is 4.79 Å². The number of nitrogens with one attached hydrogen (secondary N) is 1. The van der Waals surface area contributed by atoms with Gasteiger partial charge in [0.05, 0.1) is 4.90 Å². The maximum atomic E-state index is 13.0. The average Bonchev–Trinajstić information content (AvgIpc) is 2.82. The minimum atomic E-state index is -3.55. The molecule has 0 atom stereocenters. The number of benzene rings is 1. The summed E-state index contributed by atoms with van der Waals surface area (Å²) in [6.07, 6.45) is 3.94. The molecule has 1 amide bonds. The molecule has 0 saturated carbocycles. The Bertz CT molecular complexity index is 676. The van der Waals surface area contributed by atoms with Crippen molar-refractivity contribution < 1.29 is 13.2 Å². The largest absolute Gasteiger partial charge is 0.352 e. The summed E-state index contributed by atoms with van der Waals surface area (Å²) in [5.74, 6) is 0.121. The molecule has 0 bridgehead atoms. The van der Waals surface area contributed by atoms with Crippen molar-refractivity contribution in [3.05, 3.63) is 29.3 Å². The fourth-order valence-corrected chi connectivity index (χ4v) is 4.61. The van der Waals surface area contributed by atoms with E-state index in [4.69, 9.17) is 0 Å². The minimum Gasteiger partial charge on any atom is -0.352 e. The molecule has 6 heteroatoms. The maximum Gasteiger partial charge on any atom is 0.251 e. The summed E-state index contributed by atoms with van der Waals surface area (Å²) in [6.45, 7) is 7.51. The summed E-state index contributed by atoms with van der Waals surface area (Å²) in [7, 11) is -3.55. The highest BCUT2D eigenvalue weighted by Crippen LogP contribution is 2.24. The van der Waals surface area contributed by atoms with Gasteiger partial charge < -0.3 is 5.32 Å². The van der Waals surface area contributed by atoms with Crippen LogP contribution in [0, 0.1) is 12.8 Å². The Morgan fingerprint density at radius 1 is 1.17 bits per heavy atom. The highest BCUT2D eigenvalue weighted by Gasteiger charge is 2.27. The third kappa shape index (κ3) is 4.57. The fraction of sp³-hybridized carbons (Fsp3) is 0.611. The number of sulfonamides is 1. The van der Waals surface area contributed by atoms with Gasteiger partial charge in [-0.05, 0) is 43.4 Å². The van der Waals surface area contributed by atoms with Crippen molar-refractivity contribution in [2.45, 2.75) is 51.3 Å². The topological polar surface area (TPSA) is 66.5 Å². The highest BCUT2D eigenvalue weighted by atomic mass is 32.2. The number of carbonyl (C=O) groups is 1. The van der Waals surface area contributed by atoms with Crippen LogP contribution in [0.25, 0.3) is 0 Å². The Morgan fingerprint density at radius 2 is 1.79 bits per heavy atom. The third-order valence-electron chi connectivity index (χ3n) is 4.30. The summed E-state index contributed by atoms with van der Waals surface area (Å²) >= 11 is 0. The Kier molecular flexibility index (Phi) is 6.40. The number of hydrogen-bond acceptors (Lipinski definition) is 3. The van der Waals surface area contributed by atoms with Crippen LogP contribution in [0.5, 0.6) is 0 Å². The van der Waals surface area contributed by atoms with Crippen molar-refractivity contribution >= 4 is 15.9 Å². The number of rotatable bonds is 5. The van der Waals surface area contributed by atoms with Crippen molar-refractivity contribution in [2.75, 3.05) is 19.6 Å². The molecule has 2 rings (SSSR count). The molecule has 0 unspecified atom stereocenters. The monoisotopic (exact) mass is 352 g/mol. The van der Waals surface area contributed by atoms with Gasteiger partial charge >= 0.3 is 0 Å². The second kappa shape index (κ2) is 8.12. The van der Waals surface area contributed by atoms with Crippen LogP contribution in [0.2, 0.25) is 0 Å². The van der Waals surface area contributed by atoms with E-state index in [9.17, 15) is 13.2 Å². The summed E-state index contributed by atoms with van der Waals surface area (Å²) in [6, 6.07) is 4.92. The van der Waals surface area contributed by atoms with E-state index in [1.807, 2.05) is 13.8 Å². The summed E-state index contributed by atoms with van der Waals surface area (Å²) in [5, 5.41) is 2.84. The first kappa shape index (κ1) is 18.9. The van der Waals surface area contributed by atoms with Crippen LogP contribution < -0.4 is 5.32 Å². The second-order valence-electron chi connectivity index (χ2n) is 6.90. The predicted octanol–water partition coefficient (Wildman–Crippen LogP) is 2.95. The van der Waals surface area contributed by atoms with Gasteiger partial charge in [0.25, 0.3) is 5.91 Å². The van der Waals surface area contributed by atoms with E-state index in [-0.39, 0.29) is 10.8 Å². The van der Waals surface area contributed by atoms with Gasteiger partial charge in [-0.25, -0.2) is 8.42 Å². The van der Waals surface area contributed by atoms with E-state index < -0.39 is 10.0 Å². The SMILES string of the molecule is Cc1ccc(C(=O)NCC(C)C)cc1S(=O)(=O)N1CCCCCC1. The second-order valence-corrected chi connectivity index (χ2v) is 8.81. The molecule has 1 aliphatic rings. The van der Waals surface area contributed by atoms with Gasteiger partial charge in [-0.1, -0.05) is 32.8 Å². The molecule has 0 radical (unpaired) electrons. The van der Waals surface area contributed by atoms with Crippen LogP contribution in [0.4, 0.5) is 0 Å². The maximum absolute atomic E-state index is 13.0. The van der Waals surface area contributed by atoms with Gasteiger partial charge in [0.15, 0.2) is 0 Å². The molecule has 134 valence electrons. The summed E-state index contributed by atoms with van der Waals surface area (Å²) < 4.78 is 27.6. The molecule has 1 saturated heterocycles. The molecule has 1 N–H and O–H groups in total. The number of amides is 1. The number of aryl methyl sites for hydroxylation is 1. The first-order chi connectivity index (χ1) is 11.3. The minimum absolute atomic E-state index is 0.226. The standard InChI is InChI=1S/C18H28N2O3S/c1-14(2)13-19-18(21)16-9-8-15(3)17(12-16)24(22,23)20-10-6-4-5-7-11-20/h8-9,12,14H,4-7,10-11,13H2,1-3H3,(H,19,21). The predicted molar refractivity (Wildman–Crippen MR) is 95.6 cm³/mol. The van der Waals surface area contributed by atoms with Crippen molar-refractivity contribution in [1.29, 1.82) is 0 Å². The van der Waals surface area contributed by atoms with E-state index in [1.54, 1.807) is 23.4 Å². The quantitative estimate of drug-likeness (QED) is 0.886. The van der Waals surface area contributed by atoms with Crippen LogP contribution in [0.15, 0.2) is 23.1 Å². The first-order valence-electron chi connectivity index (χ1n) is 8.71. The van der Waals surface area contributed by atoms with Crippen LogP contribution in [0.1, 0.15) is 55.5 Å². The van der Waals surface area contributed by atoms with E-state index in [2.05, 4.69) is 5.32 Å². The molecule has 1 heterocycles. The van der Waals surface area contributed by atoms with Crippen LogP contribution in [-0.2, 0) is 10.0 Å². The third-order valence-corrected chi connectivity index (χ3v) is 6.34. The van der Waals surface area contributed by atoms with Crippen molar-refractivity contribution in [3.63, 3.8) is 0 Å². The Balaban J connectivity index is 2.28. The van der Waals surface area contributed by atoms with E-state index in [0.29, 0.717) is 36.7 Å². The zero-order valence-electron chi connectivity index (χ0n) is 14.8. The van der Waals surface area contributed by atoms with Crippen molar-refractivity contribution in [1.82, 2.24) is 9.62 Å². The van der Waals surface area contributed by atoms with E-state index in [0.717, 1.165) is 25.7 Å². The molecule has 1 aromatic carbocycles. The average molecular weight is 353 g/mol. The lowest BCUT2D eigenvalue weighted by molar-refractivity contribution is 0.0949. The molecule has 0 spiro atoms. The molecule has 0 aliphatic carbocycles. The zero-order chi connectivity index (χ0) is 17.7. The Labute approximate surface area is 145 Å². The molecular formula is C18H28N2O3S. The van der Waals surface area contributed by atoms with Crippen LogP contribution in [-0.4, -0.2) is 38.3 Å². The molecule has 0 aromatic heterocycles. The lowest BCUT2D eigenvalue weighted by Gasteiger charge is -2.21. The van der Waals surface area contributed by atoms with Gasteiger partial charge in [0.1, 0.15) is 0 Å². The van der Waals surface area contributed by atoms with Gasteiger partial charge in [-0.15, -0.1) is 0 Å². The summed E-state index contributed by atoms with van der Waals surface area (Å²) in [4.78, 5) is 12.5. The number of carbonyl (C=O) groups excluding carboxylic acids is 1. The molecule has 5 nitrogen and oxygen atoms in total. The molecule has 24 heavy (non-hydrogen) atoms. The van der Waals surface area contributed by atoms with E-state index in [1.165, 1.54) is 6.07 Å². The van der Waals surface area contributed by atoms with Crippen LogP contribution >= 0.6 is 0 Å². The number of hydrogen-bond donors (Lipinski definition) is 1. The Hall–Kier alpha value is -1.40. The molecule has 1 aliphatic heterocycles. The van der Waals surface area contributed by atoms with Crippen molar-refractivity contribution in [2.24, 2.45) is 5.92 Å². The number of nitrogens with zero attached hydrogens (tertiary/aromatic N) is 1. The van der Waals surface area contributed by atoms with Crippen molar-refractivity contribution in [3.8, 4) is 0 Å². The van der Waals surface area contributed by atoms with Gasteiger partial charge in [0, 0.05) is 25.2 Å². The highest BCUT2D eigenvalue weighted by molar-refractivity contribution is 7.89. The smallest absolute Gasteiger partial charge is 0.251 e. The zero-order valence-corrected chi connectivity index (χ0v) is 15.7. The molecule has 1 fully saturated rings. The molecule has 1 aromatic rings. The Morgan fingerprint density at radius 3 is 2.38 bits per heavy atom. The lowest BCUT2D eigenvalue weighted by Crippen LogP contribution is -2.33. The normalized spacial score (nSPS) is 16.8.